The third-order valence-corrected chi connectivity index (χ3v) is 4.47. The average molecular weight is 387 g/mol. The van der Waals surface area contributed by atoms with Crippen molar-refractivity contribution in [3.8, 4) is 11.5 Å². The Morgan fingerprint density at radius 1 is 0.931 bits per heavy atom. The van der Waals surface area contributed by atoms with Crippen LogP contribution in [0.15, 0.2) is 84.0 Å². The maximum atomic E-state index is 12.3. The molecule has 3 aromatic rings. The summed E-state index contributed by atoms with van der Waals surface area (Å²) < 4.78 is 5.81. The van der Waals surface area contributed by atoms with Gasteiger partial charge in [-0.15, -0.1) is 0 Å². The summed E-state index contributed by atoms with van der Waals surface area (Å²) in [7, 11) is 0. The van der Waals surface area contributed by atoms with Crippen LogP contribution in [-0.2, 0) is 0 Å². The molecule has 1 N–H and O–H groups in total. The van der Waals surface area contributed by atoms with E-state index in [4.69, 9.17) is 4.74 Å². The van der Waals surface area contributed by atoms with Crippen molar-refractivity contribution in [1.29, 1.82) is 0 Å². The number of nitrogens with one attached hydrogen (secondary N) is 1. The molecule has 0 aromatic heterocycles. The second kappa shape index (κ2) is 10.1. The molecule has 5 nitrogen and oxygen atoms in total. The molecular formula is C24H25N3O2. The molecule has 1 amide bonds. The maximum absolute atomic E-state index is 12.3. The molecule has 0 fully saturated rings. The van der Waals surface area contributed by atoms with Gasteiger partial charge in [0.15, 0.2) is 0 Å². The number of hydrogen-bond acceptors (Lipinski definition) is 4. The third-order valence-electron chi connectivity index (χ3n) is 4.47. The fourth-order valence-corrected chi connectivity index (χ4v) is 2.93. The van der Waals surface area contributed by atoms with Gasteiger partial charge in [-0.25, -0.2) is 5.43 Å². The first kappa shape index (κ1) is 20.1. The summed E-state index contributed by atoms with van der Waals surface area (Å²) in [4.78, 5) is 14.5. The predicted octanol–water partition coefficient (Wildman–Crippen LogP) is 5.09. The first-order chi connectivity index (χ1) is 14.2. The molecule has 29 heavy (non-hydrogen) atoms. The highest BCUT2D eigenvalue weighted by Crippen LogP contribution is 2.21. The summed E-state index contributed by atoms with van der Waals surface area (Å²) in [5.41, 5.74) is 5.07. The molecule has 5 heteroatoms. The Balaban J connectivity index is 1.59. The van der Waals surface area contributed by atoms with E-state index in [0.29, 0.717) is 11.3 Å². The van der Waals surface area contributed by atoms with Gasteiger partial charge in [-0.2, -0.15) is 5.10 Å². The van der Waals surface area contributed by atoms with E-state index in [1.807, 2.05) is 78.9 Å². The molecule has 3 aromatic carbocycles. The van der Waals surface area contributed by atoms with E-state index in [0.717, 1.165) is 30.1 Å². The molecule has 0 saturated carbocycles. The lowest BCUT2D eigenvalue weighted by Gasteiger charge is -2.20. The summed E-state index contributed by atoms with van der Waals surface area (Å²) in [6.45, 7) is 6.08. The molecule has 0 aliphatic rings. The van der Waals surface area contributed by atoms with E-state index >= 15 is 0 Å². The summed E-state index contributed by atoms with van der Waals surface area (Å²) in [6.07, 6.45) is 1.60. The zero-order valence-electron chi connectivity index (χ0n) is 16.7. The van der Waals surface area contributed by atoms with Crippen LogP contribution in [0.2, 0.25) is 0 Å². The van der Waals surface area contributed by atoms with E-state index < -0.39 is 0 Å². The van der Waals surface area contributed by atoms with Crippen LogP contribution in [0.3, 0.4) is 0 Å². The van der Waals surface area contributed by atoms with Crippen LogP contribution in [0.1, 0.15) is 29.8 Å². The minimum atomic E-state index is -0.246. The monoisotopic (exact) mass is 387 g/mol. The first-order valence-electron chi connectivity index (χ1n) is 9.71. The normalized spacial score (nSPS) is 10.7. The van der Waals surface area contributed by atoms with Crippen molar-refractivity contribution in [3.05, 3.63) is 90.0 Å². The van der Waals surface area contributed by atoms with Gasteiger partial charge in [0.05, 0.1) is 6.21 Å². The maximum Gasteiger partial charge on any atom is 0.271 e. The molecular weight excluding hydrogens is 362 g/mol. The Hall–Kier alpha value is -3.60. The number of para-hydroxylation sites is 1. The van der Waals surface area contributed by atoms with E-state index in [-0.39, 0.29) is 5.91 Å². The van der Waals surface area contributed by atoms with Gasteiger partial charge in [-0.05, 0) is 67.9 Å². The van der Waals surface area contributed by atoms with Crippen LogP contribution in [0.4, 0.5) is 5.69 Å². The van der Waals surface area contributed by atoms with Gasteiger partial charge in [0.25, 0.3) is 5.91 Å². The third kappa shape index (κ3) is 5.69. The van der Waals surface area contributed by atoms with Crippen LogP contribution in [0, 0.1) is 0 Å². The molecule has 0 atom stereocenters. The van der Waals surface area contributed by atoms with E-state index in [1.54, 1.807) is 6.21 Å². The molecule has 0 aliphatic heterocycles. The summed E-state index contributed by atoms with van der Waals surface area (Å²) >= 11 is 0. The van der Waals surface area contributed by atoms with E-state index in [9.17, 15) is 4.79 Å². The minimum absolute atomic E-state index is 0.246. The van der Waals surface area contributed by atoms with Crippen LogP contribution >= 0.6 is 0 Å². The van der Waals surface area contributed by atoms with Crippen molar-refractivity contribution in [2.45, 2.75) is 13.8 Å². The fourth-order valence-electron chi connectivity index (χ4n) is 2.93. The molecule has 0 spiro atoms. The topological polar surface area (TPSA) is 53.9 Å². The zero-order valence-corrected chi connectivity index (χ0v) is 16.7. The van der Waals surface area contributed by atoms with Crippen LogP contribution in [-0.4, -0.2) is 25.2 Å². The van der Waals surface area contributed by atoms with Gasteiger partial charge in [0.1, 0.15) is 11.5 Å². The van der Waals surface area contributed by atoms with E-state index in [1.165, 1.54) is 0 Å². The molecule has 0 saturated heterocycles. The molecule has 0 heterocycles. The molecule has 148 valence electrons. The number of anilines is 1. The van der Waals surface area contributed by atoms with Gasteiger partial charge in [-0.1, -0.05) is 30.3 Å². The van der Waals surface area contributed by atoms with Gasteiger partial charge in [0.2, 0.25) is 0 Å². The highest BCUT2D eigenvalue weighted by molar-refractivity contribution is 5.95. The van der Waals surface area contributed by atoms with Gasteiger partial charge in [0, 0.05) is 24.3 Å². The number of hydrogen-bond donors (Lipinski definition) is 1. The molecule has 0 aliphatic carbocycles. The van der Waals surface area contributed by atoms with Crippen molar-refractivity contribution < 1.29 is 9.53 Å². The smallest absolute Gasteiger partial charge is 0.271 e. The van der Waals surface area contributed by atoms with Crippen LogP contribution < -0.4 is 15.1 Å². The Morgan fingerprint density at radius 3 is 2.31 bits per heavy atom. The lowest BCUT2D eigenvalue weighted by atomic mass is 10.2. The number of rotatable bonds is 8. The van der Waals surface area contributed by atoms with Crippen molar-refractivity contribution in [2.24, 2.45) is 5.10 Å². The van der Waals surface area contributed by atoms with Gasteiger partial charge < -0.3 is 9.64 Å². The van der Waals surface area contributed by atoms with Crippen molar-refractivity contribution in [1.82, 2.24) is 5.43 Å². The van der Waals surface area contributed by atoms with Gasteiger partial charge in [-0.3, -0.25) is 4.79 Å². The summed E-state index contributed by atoms with van der Waals surface area (Å²) in [6, 6.07) is 24.6. The quantitative estimate of drug-likeness (QED) is 0.433. The second-order valence-corrected chi connectivity index (χ2v) is 6.41. The number of hydrazone groups is 1. The Bertz CT molecular complexity index is 949. The zero-order chi connectivity index (χ0) is 20.5. The van der Waals surface area contributed by atoms with E-state index in [2.05, 4.69) is 29.3 Å². The molecule has 0 bridgehead atoms. The second-order valence-electron chi connectivity index (χ2n) is 6.41. The highest BCUT2D eigenvalue weighted by Gasteiger charge is 2.06. The highest BCUT2D eigenvalue weighted by atomic mass is 16.5. The van der Waals surface area contributed by atoms with Gasteiger partial charge >= 0.3 is 0 Å². The Labute approximate surface area is 171 Å². The van der Waals surface area contributed by atoms with Crippen molar-refractivity contribution in [3.63, 3.8) is 0 Å². The molecule has 3 rings (SSSR count). The standard InChI is InChI=1S/C24H25N3O2/c1-3-27(4-2)21-15-13-20(14-16-21)24(28)26-25-18-19-9-8-12-23(17-19)29-22-10-6-5-7-11-22/h5-18H,3-4H2,1-2H3,(H,26,28). The Morgan fingerprint density at radius 2 is 1.62 bits per heavy atom. The average Bonchev–Trinajstić information content (AvgIpc) is 2.76. The fraction of sp³-hybridized carbons (Fsp3) is 0.167. The Kier molecular flexibility index (Phi) is 7.00. The number of ether oxygens (including phenoxy) is 1. The van der Waals surface area contributed by atoms with Crippen LogP contribution in [0.25, 0.3) is 0 Å². The summed E-state index contributed by atoms with van der Waals surface area (Å²) in [5, 5.41) is 4.07. The lowest BCUT2D eigenvalue weighted by molar-refractivity contribution is 0.0955. The SMILES string of the molecule is CCN(CC)c1ccc(C(=O)NN=Cc2cccc(Oc3ccccc3)c2)cc1. The number of carbonyl (C=O) groups excluding carboxylic acids is 1. The van der Waals surface area contributed by atoms with Crippen molar-refractivity contribution >= 4 is 17.8 Å². The first-order valence-corrected chi connectivity index (χ1v) is 9.71. The molecule has 0 unspecified atom stereocenters. The number of nitrogens with zero attached hydrogens (tertiary/aromatic N) is 2. The summed E-state index contributed by atoms with van der Waals surface area (Å²) in [5.74, 6) is 1.23. The lowest BCUT2D eigenvalue weighted by Crippen LogP contribution is -2.22. The minimum Gasteiger partial charge on any atom is -0.457 e. The predicted molar refractivity (Wildman–Crippen MR) is 118 cm³/mol. The number of carbonyl (C=O) groups is 1. The number of benzene rings is 3. The largest absolute Gasteiger partial charge is 0.457 e. The molecule has 0 radical (unpaired) electrons. The number of amides is 1. The van der Waals surface area contributed by atoms with Crippen molar-refractivity contribution in [2.75, 3.05) is 18.0 Å². The van der Waals surface area contributed by atoms with Crippen LogP contribution in [0.5, 0.6) is 11.5 Å².